The largest absolute Gasteiger partial charge is 0.393 e. The normalized spacial score (nSPS) is 11.4. The van der Waals surface area contributed by atoms with Crippen molar-refractivity contribution in [1.82, 2.24) is 0 Å². The fourth-order valence-corrected chi connectivity index (χ4v) is 0.820. The molecule has 0 aliphatic rings. The summed E-state index contributed by atoms with van der Waals surface area (Å²) in [5.41, 5.74) is 5.33. The second-order valence-electron chi connectivity index (χ2n) is 3.02. The van der Waals surface area contributed by atoms with Gasteiger partial charge in [0.1, 0.15) is 6.04 Å². The lowest BCUT2D eigenvalue weighted by Gasteiger charge is -2.08. The monoisotopic (exact) mass is 231 g/mol. The van der Waals surface area contributed by atoms with E-state index >= 15 is 0 Å². The van der Waals surface area contributed by atoms with Crippen LogP contribution in [0.4, 0.5) is 0 Å². The predicted octanol–water partition coefficient (Wildman–Crippen LogP) is -0.727. The standard InChI is InChI=1S/C9H13NO6/c1-5(11)15-8(13)4-3-7(10)9(14)16-6(2)12/h7H,3-4,10H2,1-2H3/t7-/m1/s1. The maximum atomic E-state index is 11.0. The van der Waals surface area contributed by atoms with E-state index in [1.54, 1.807) is 0 Å². The van der Waals surface area contributed by atoms with E-state index < -0.39 is 29.9 Å². The lowest BCUT2D eigenvalue weighted by atomic mass is 10.2. The van der Waals surface area contributed by atoms with Crippen molar-refractivity contribution >= 4 is 23.9 Å². The minimum absolute atomic E-state index is 0.0573. The first kappa shape index (κ1) is 14.2. The highest BCUT2D eigenvalue weighted by molar-refractivity contribution is 5.88. The van der Waals surface area contributed by atoms with Gasteiger partial charge in [0.25, 0.3) is 0 Å². The van der Waals surface area contributed by atoms with E-state index in [2.05, 4.69) is 9.47 Å². The van der Waals surface area contributed by atoms with Crippen LogP contribution in [0.3, 0.4) is 0 Å². The molecule has 0 heterocycles. The summed E-state index contributed by atoms with van der Waals surface area (Å²) in [6, 6.07) is -1.09. The van der Waals surface area contributed by atoms with Crippen LogP contribution in [-0.4, -0.2) is 29.9 Å². The third-order valence-electron chi connectivity index (χ3n) is 1.46. The first-order chi connectivity index (χ1) is 7.32. The fourth-order valence-electron chi connectivity index (χ4n) is 0.820. The number of esters is 4. The first-order valence-electron chi connectivity index (χ1n) is 4.52. The molecular formula is C9H13NO6. The van der Waals surface area contributed by atoms with E-state index in [0.29, 0.717) is 0 Å². The van der Waals surface area contributed by atoms with Crippen LogP contribution < -0.4 is 5.73 Å². The fraction of sp³-hybridized carbons (Fsp3) is 0.556. The average molecular weight is 231 g/mol. The molecule has 90 valence electrons. The van der Waals surface area contributed by atoms with E-state index in [1.165, 1.54) is 0 Å². The lowest BCUT2D eigenvalue weighted by molar-refractivity contribution is -0.159. The van der Waals surface area contributed by atoms with E-state index in [4.69, 9.17) is 5.73 Å². The van der Waals surface area contributed by atoms with Crippen LogP contribution in [0.5, 0.6) is 0 Å². The summed E-state index contributed by atoms with van der Waals surface area (Å²) in [5, 5.41) is 0. The smallest absolute Gasteiger partial charge is 0.330 e. The third kappa shape index (κ3) is 6.66. The molecule has 7 heteroatoms. The van der Waals surface area contributed by atoms with Gasteiger partial charge in [0, 0.05) is 20.3 Å². The van der Waals surface area contributed by atoms with Crippen LogP contribution in [0.2, 0.25) is 0 Å². The summed E-state index contributed by atoms with van der Waals surface area (Å²) in [4.78, 5) is 42.7. The number of rotatable bonds is 4. The molecule has 0 aliphatic heterocycles. The molecule has 1 atom stereocenters. The zero-order valence-electron chi connectivity index (χ0n) is 9.02. The van der Waals surface area contributed by atoms with Crippen LogP contribution in [0, 0.1) is 0 Å². The van der Waals surface area contributed by atoms with Crippen LogP contribution in [-0.2, 0) is 28.7 Å². The van der Waals surface area contributed by atoms with Crippen molar-refractivity contribution < 1.29 is 28.7 Å². The Balaban J connectivity index is 3.92. The quantitative estimate of drug-likeness (QED) is 0.501. The number of hydrogen-bond acceptors (Lipinski definition) is 7. The molecule has 0 rings (SSSR count). The molecule has 0 spiro atoms. The molecule has 0 saturated carbocycles. The zero-order valence-corrected chi connectivity index (χ0v) is 9.02. The lowest BCUT2D eigenvalue weighted by Crippen LogP contribution is -2.34. The summed E-state index contributed by atoms with van der Waals surface area (Å²) < 4.78 is 8.41. The van der Waals surface area contributed by atoms with E-state index in [1.807, 2.05) is 0 Å². The minimum Gasteiger partial charge on any atom is -0.393 e. The van der Waals surface area contributed by atoms with E-state index in [9.17, 15) is 19.2 Å². The molecule has 0 fully saturated rings. The number of carbonyl (C=O) groups excluding carboxylic acids is 4. The highest BCUT2D eigenvalue weighted by Gasteiger charge is 2.19. The average Bonchev–Trinajstić information content (AvgIpc) is 2.11. The van der Waals surface area contributed by atoms with E-state index in [0.717, 1.165) is 13.8 Å². The number of nitrogens with two attached hydrogens (primary N) is 1. The van der Waals surface area contributed by atoms with Crippen molar-refractivity contribution in [2.45, 2.75) is 32.7 Å². The van der Waals surface area contributed by atoms with Gasteiger partial charge in [-0.15, -0.1) is 0 Å². The van der Waals surface area contributed by atoms with Gasteiger partial charge in [-0.25, -0.2) is 4.79 Å². The number of carbonyl (C=O) groups is 4. The Kier molecular flexibility index (Phi) is 5.94. The second-order valence-corrected chi connectivity index (χ2v) is 3.02. The van der Waals surface area contributed by atoms with Gasteiger partial charge in [-0.1, -0.05) is 0 Å². The maximum Gasteiger partial charge on any atom is 0.330 e. The molecular weight excluding hydrogens is 218 g/mol. The number of ether oxygens (including phenoxy) is 2. The van der Waals surface area contributed by atoms with Crippen LogP contribution in [0.1, 0.15) is 26.7 Å². The number of hydrogen-bond donors (Lipinski definition) is 1. The summed E-state index contributed by atoms with van der Waals surface area (Å²) in [7, 11) is 0. The Morgan fingerprint density at radius 2 is 1.56 bits per heavy atom. The Labute approximate surface area is 91.9 Å². The Morgan fingerprint density at radius 3 is 2.00 bits per heavy atom. The van der Waals surface area contributed by atoms with Gasteiger partial charge in [-0.2, -0.15) is 0 Å². The summed E-state index contributed by atoms with van der Waals surface area (Å²) in [5.74, 6) is -3.20. The van der Waals surface area contributed by atoms with Crippen LogP contribution in [0.15, 0.2) is 0 Å². The molecule has 0 bridgehead atoms. The molecule has 0 aromatic rings. The second kappa shape index (κ2) is 6.67. The molecule has 0 saturated heterocycles. The summed E-state index contributed by atoms with van der Waals surface area (Å²) >= 11 is 0. The van der Waals surface area contributed by atoms with Gasteiger partial charge in [0.2, 0.25) is 0 Å². The Morgan fingerprint density at radius 1 is 1.06 bits per heavy atom. The maximum absolute atomic E-state index is 11.0. The molecule has 0 radical (unpaired) electrons. The predicted molar refractivity (Wildman–Crippen MR) is 50.8 cm³/mol. The van der Waals surface area contributed by atoms with Crippen molar-refractivity contribution in [3.8, 4) is 0 Å². The molecule has 0 amide bonds. The van der Waals surface area contributed by atoms with Crippen molar-refractivity contribution in [1.29, 1.82) is 0 Å². The van der Waals surface area contributed by atoms with Crippen molar-refractivity contribution in [2.75, 3.05) is 0 Å². The molecule has 0 unspecified atom stereocenters. The Bertz CT molecular complexity index is 311. The van der Waals surface area contributed by atoms with E-state index in [-0.39, 0.29) is 12.8 Å². The SMILES string of the molecule is CC(=O)OC(=O)CC[C@@H](N)C(=O)OC(C)=O. The van der Waals surface area contributed by atoms with Gasteiger partial charge in [0.15, 0.2) is 0 Å². The minimum atomic E-state index is -1.09. The summed E-state index contributed by atoms with van der Waals surface area (Å²) in [6.07, 6.45) is -0.258. The van der Waals surface area contributed by atoms with Crippen molar-refractivity contribution in [3.05, 3.63) is 0 Å². The van der Waals surface area contributed by atoms with Crippen LogP contribution >= 0.6 is 0 Å². The van der Waals surface area contributed by atoms with Crippen molar-refractivity contribution in [3.63, 3.8) is 0 Å². The first-order valence-corrected chi connectivity index (χ1v) is 4.52. The van der Waals surface area contributed by atoms with Gasteiger partial charge in [-0.05, 0) is 6.42 Å². The van der Waals surface area contributed by atoms with Crippen LogP contribution in [0.25, 0.3) is 0 Å². The molecule has 0 aliphatic carbocycles. The molecule has 0 aromatic heterocycles. The van der Waals surface area contributed by atoms with Gasteiger partial charge in [0.05, 0.1) is 0 Å². The molecule has 16 heavy (non-hydrogen) atoms. The molecule has 2 N–H and O–H groups in total. The molecule has 0 aromatic carbocycles. The molecule has 7 nitrogen and oxygen atoms in total. The highest BCUT2D eigenvalue weighted by atomic mass is 16.6. The topological polar surface area (TPSA) is 113 Å². The highest BCUT2D eigenvalue weighted by Crippen LogP contribution is 1.99. The zero-order chi connectivity index (χ0) is 12.7. The van der Waals surface area contributed by atoms with Gasteiger partial charge in [-0.3, -0.25) is 14.4 Å². The Hall–Kier alpha value is -1.76. The van der Waals surface area contributed by atoms with Crippen molar-refractivity contribution in [2.24, 2.45) is 5.73 Å². The summed E-state index contributed by atoms with van der Waals surface area (Å²) in [6.45, 7) is 2.15. The van der Waals surface area contributed by atoms with Gasteiger partial charge >= 0.3 is 23.9 Å². The van der Waals surface area contributed by atoms with Gasteiger partial charge < -0.3 is 15.2 Å². The third-order valence-corrected chi connectivity index (χ3v) is 1.46.